The molecule has 0 radical (unpaired) electrons. The van der Waals surface area contributed by atoms with Crippen LogP contribution < -0.4 is 10.2 Å². The van der Waals surface area contributed by atoms with Crippen molar-refractivity contribution in [2.75, 3.05) is 16.8 Å². The second-order valence-corrected chi connectivity index (χ2v) is 15.9. The monoisotopic (exact) mass is 613 g/mol. The molecule has 0 saturated carbocycles. The number of rotatable bonds is 10. The van der Waals surface area contributed by atoms with Crippen LogP contribution in [-0.2, 0) is 26.5 Å². The molecule has 1 aromatic heterocycles. The smallest absolute Gasteiger partial charge is 0.261 e. The van der Waals surface area contributed by atoms with Crippen molar-refractivity contribution in [1.29, 1.82) is 0 Å². The number of halogens is 1. The van der Waals surface area contributed by atoms with Crippen molar-refractivity contribution >= 4 is 37.8 Å². The second kappa shape index (κ2) is 11.7. The SMILES string of the molecule is C[C@H]1[C@H]([Si](C)(C)F)[C@@H](CCn2cc(C(CO)c3ccccc3)nn2)O[C@]12C(=O)Nc1ccc(N(C=O)c3ccccc3)cc12. The summed E-state index contributed by atoms with van der Waals surface area (Å²) < 4.78 is 24.5. The van der Waals surface area contributed by atoms with Crippen LogP contribution in [0.4, 0.5) is 21.2 Å². The summed E-state index contributed by atoms with van der Waals surface area (Å²) in [5.74, 6) is -1.09. The van der Waals surface area contributed by atoms with Gasteiger partial charge in [-0.3, -0.25) is 19.2 Å². The minimum Gasteiger partial charge on any atom is -0.395 e. The molecule has 5 atom stereocenters. The zero-order valence-corrected chi connectivity index (χ0v) is 25.9. The summed E-state index contributed by atoms with van der Waals surface area (Å²) in [6.07, 6.45) is 2.41. The van der Waals surface area contributed by atoms with Gasteiger partial charge in [0.1, 0.15) is 0 Å². The van der Waals surface area contributed by atoms with Gasteiger partial charge < -0.3 is 19.3 Å². The summed E-state index contributed by atoms with van der Waals surface area (Å²) in [4.78, 5) is 27.4. The Balaban J connectivity index is 1.29. The molecule has 9 nitrogen and oxygen atoms in total. The number of hydrogen-bond acceptors (Lipinski definition) is 6. The van der Waals surface area contributed by atoms with Crippen molar-refractivity contribution in [1.82, 2.24) is 15.0 Å². The number of fused-ring (bicyclic) bond motifs is 2. The largest absolute Gasteiger partial charge is 0.395 e. The van der Waals surface area contributed by atoms with Crippen molar-refractivity contribution < 1.29 is 23.5 Å². The van der Waals surface area contributed by atoms with E-state index in [0.29, 0.717) is 41.3 Å². The van der Waals surface area contributed by atoms with Crippen LogP contribution in [0.2, 0.25) is 18.6 Å². The molecule has 1 unspecified atom stereocenters. The van der Waals surface area contributed by atoms with Gasteiger partial charge in [-0.05, 0) is 55.4 Å². The van der Waals surface area contributed by atoms with Crippen molar-refractivity contribution in [3.8, 4) is 0 Å². The molecule has 3 aromatic carbocycles. The molecule has 4 aromatic rings. The van der Waals surface area contributed by atoms with Gasteiger partial charge in [0.05, 0.1) is 24.3 Å². The number of benzene rings is 3. The third-order valence-electron chi connectivity index (χ3n) is 9.06. The van der Waals surface area contributed by atoms with Crippen molar-refractivity contribution in [2.24, 2.45) is 5.92 Å². The number of aryl methyl sites for hydroxylation is 1. The van der Waals surface area contributed by atoms with E-state index in [2.05, 4.69) is 15.6 Å². The number of carbonyl (C=O) groups is 2. The molecular weight excluding hydrogens is 577 g/mol. The van der Waals surface area contributed by atoms with Gasteiger partial charge in [-0.1, -0.05) is 60.7 Å². The van der Waals surface area contributed by atoms with Crippen LogP contribution in [-0.4, -0.2) is 53.5 Å². The van der Waals surface area contributed by atoms with E-state index in [1.807, 2.05) is 67.6 Å². The lowest BCUT2D eigenvalue weighted by Gasteiger charge is -2.31. The van der Waals surface area contributed by atoms with E-state index in [9.17, 15) is 14.7 Å². The minimum atomic E-state index is -3.34. The summed E-state index contributed by atoms with van der Waals surface area (Å²) in [6, 6.07) is 24.2. The Labute approximate surface area is 256 Å². The molecule has 1 fully saturated rings. The summed E-state index contributed by atoms with van der Waals surface area (Å²) in [5.41, 5.74) is 2.18. The third kappa shape index (κ3) is 5.14. The fourth-order valence-electron chi connectivity index (χ4n) is 7.03. The fraction of sp³-hybridized carbons (Fsp3) is 0.333. The van der Waals surface area contributed by atoms with E-state index in [0.717, 1.165) is 12.0 Å². The van der Waals surface area contributed by atoms with Gasteiger partial charge in [0.15, 0.2) is 5.60 Å². The minimum absolute atomic E-state index is 0.111. The zero-order valence-electron chi connectivity index (χ0n) is 24.9. The number of amides is 2. The van der Waals surface area contributed by atoms with Gasteiger partial charge >= 0.3 is 0 Å². The Morgan fingerprint density at radius 2 is 1.82 bits per heavy atom. The quantitative estimate of drug-likeness (QED) is 0.139. The number of nitrogens with one attached hydrogen (secondary N) is 1. The summed E-state index contributed by atoms with van der Waals surface area (Å²) >= 11 is 0. The molecule has 2 aliphatic heterocycles. The second-order valence-electron chi connectivity index (χ2n) is 12.1. The number of aliphatic hydroxyl groups excluding tert-OH is 1. The van der Waals surface area contributed by atoms with Gasteiger partial charge in [-0.2, -0.15) is 0 Å². The third-order valence-corrected chi connectivity index (χ3v) is 11.5. The highest BCUT2D eigenvalue weighted by molar-refractivity contribution is 6.72. The highest BCUT2D eigenvalue weighted by Crippen LogP contribution is 2.59. The molecule has 1 spiro atoms. The van der Waals surface area contributed by atoms with Crippen LogP contribution in [0.1, 0.15) is 36.1 Å². The zero-order chi connectivity index (χ0) is 31.1. The first kappa shape index (κ1) is 29.9. The van der Waals surface area contributed by atoms with Crippen LogP contribution in [0.5, 0.6) is 0 Å². The number of ether oxygens (including phenoxy) is 1. The maximum absolute atomic E-state index is 16.1. The van der Waals surface area contributed by atoms with Crippen LogP contribution >= 0.6 is 0 Å². The first-order chi connectivity index (χ1) is 21.2. The average molecular weight is 614 g/mol. The highest BCUT2D eigenvalue weighted by atomic mass is 28.4. The van der Waals surface area contributed by atoms with Crippen LogP contribution in [0, 0.1) is 5.92 Å². The number of carbonyl (C=O) groups excluding carboxylic acids is 2. The van der Waals surface area contributed by atoms with Gasteiger partial charge in [0.2, 0.25) is 14.8 Å². The molecule has 6 rings (SSSR count). The Morgan fingerprint density at radius 1 is 1.11 bits per heavy atom. The normalized spacial score (nSPS) is 23.4. The average Bonchev–Trinajstić information content (AvgIpc) is 3.68. The first-order valence-corrected chi connectivity index (χ1v) is 17.8. The molecular formula is C33H36FN5O4Si. The standard InChI is InChI=1S/C33H36FN5O4Si/c1-22-31(44(2,3)34)30(16-17-38-19-29(36-37-38)26(20-40)23-10-6-4-7-11-23)43-33(22)27-18-25(14-15-28(27)35-32(33)42)39(21-41)24-12-8-5-9-13-24/h4-15,18-19,21-22,26,30-31,40H,16-17,20H2,1-3H3,(H,35,42)/t22-,26?,30+,31-,33+/m0/s1. The number of aromatic nitrogens is 3. The maximum atomic E-state index is 16.1. The fourth-order valence-corrected chi connectivity index (χ4v) is 9.57. The van der Waals surface area contributed by atoms with Crippen molar-refractivity contribution in [2.45, 2.75) is 56.1 Å². The Hall–Kier alpha value is -4.19. The molecule has 2 N–H and O–H groups in total. The first-order valence-electron chi connectivity index (χ1n) is 14.9. The van der Waals surface area contributed by atoms with E-state index < -0.39 is 31.6 Å². The van der Waals surface area contributed by atoms with E-state index >= 15 is 4.11 Å². The van der Waals surface area contributed by atoms with E-state index in [1.165, 1.54) is 4.90 Å². The Morgan fingerprint density at radius 3 is 2.48 bits per heavy atom. The van der Waals surface area contributed by atoms with Crippen LogP contribution in [0.25, 0.3) is 0 Å². The van der Waals surface area contributed by atoms with E-state index in [-0.39, 0.29) is 18.4 Å². The van der Waals surface area contributed by atoms with Gasteiger partial charge in [-0.25, -0.2) is 0 Å². The number of para-hydroxylation sites is 1. The van der Waals surface area contributed by atoms with Crippen LogP contribution in [0.3, 0.4) is 0 Å². The molecule has 2 amide bonds. The summed E-state index contributed by atoms with van der Waals surface area (Å²) in [6.45, 7) is 5.51. The van der Waals surface area contributed by atoms with Crippen LogP contribution in [0.15, 0.2) is 85.1 Å². The molecule has 2 aliphatic rings. The van der Waals surface area contributed by atoms with Gasteiger partial charge in [0.25, 0.3) is 5.91 Å². The van der Waals surface area contributed by atoms with Gasteiger partial charge in [-0.15, -0.1) is 5.10 Å². The predicted octanol–water partition coefficient (Wildman–Crippen LogP) is 5.51. The molecule has 0 aliphatic carbocycles. The van der Waals surface area contributed by atoms with E-state index in [1.54, 1.807) is 42.2 Å². The molecule has 0 bridgehead atoms. The predicted molar refractivity (Wildman–Crippen MR) is 168 cm³/mol. The number of anilines is 3. The maximum Gasteiger partial charge on any atom is 0.261 e. The van der Waals surface area contributed by atoms with Crippen molar-refractivity contribution in [3.05, 3.63) is 102 Å². The molecule has 44 heavy (non-hydrogen) atoms. The Bertz CT molecular complexity index is 1650. The molecule has 1 saturated heterocycles. The number of nitrogens with zero attached hydrogens (tertiary/aromatic N) is 4. The lowest BCUT2D eigenvalue weighted by molar-refractivity contribution is -0.143. The van der Waals surface area contributed by atoms with Crippen molar-refractivity contribution in [3.63, 3.8) is 0 Å². The summed E-state index contributed by atoms with van der Waals surface area (Å²) in [7, 11) is -3.34. The molecule has 228 valence electrons. The number of aliphatic hydroxyl groups is 1. The van der Waals surface area contributed by atoms with Gasteiger partial charge in [0, 0.05) is 46.8 Å². The van der Waals surface area contributed by atoms with E-state index in [4.69, 9.17) is 4.74 Å². The lowest BCUT2D eigenvalue weighted by Crippen LogP contribution is -2.42. The lowest BCUT2D eigenvalue weighted by atomic mass is 9.82. The topological polar surface area (TPSA) is 110 Å². The number of hydrogen-bond donors (Lipinski definition) is 2. The summed E-state index contributed by atoms with van der Waals surface area (Å²) in [5, 5.41) is 21.6. The Kier molecular flexibility index (Phi) is 7.95. The highest BCUT2D eigenvalue weighted by Gasteiger charge is 2.65. The molecule has 11 heteroatoms. The molecule has 3 heterocycles.